The minimum Gasteiger partial charge on any atom is -0.396 e. The first-order chi connectivity index (χ1) is 9.01. The number of carbonyl (C=O) groups excluding carboxylic acids is 1. The van der Waals surface area contributed by atoms with E-state index in [1.165, 1.54) is 11.5 Å². The Morgan fingerprint density at radius 2 is 2.26 bits per heavy atom. The number of aromatic nitrogens is 1. The van der Waals surface area contributed by atoms with Crippen molar-refractivity contribution in [2.24, 2.45) is 0 Å². The average Bonchev–Trinajstić information content (AvgIpc) is 2.71. The number of hydrogen-bond acceptors (Lipinski definition) is 6. The second kappa shape index (κ2) is 7.30. The van der Waals surface area contributed by atoms with E-state index in [4.69, 9.17) is 10.8 Å². The van der Waals surface area contributed by atoms with Gasteiger partial charge in [-0.1, -0.05) is 0 Å². The van der Waals surface area contributed by atoms with Gasteiger partial charge in [-0.2, -0.15) is 4.37 Å². The van der Waals surface area contributed by atoms with Gasteiger partial charge in [-0.05, 0) is 38.7 Å². The Morgan fingerprint density at radius 3 is 2.79 bits per heavy atom. The van der Waals surface area contributed by atoms with Crippen molar-refractivity contribution in [3.8, 4) is 0 Å². The molecule has 6 nitrogen and oxygen atoms in total. The largest absolute Gasteiger partial charge is 0.396 e. The third kappa shape index (κ3) is 4.07. The summed E-state index contributed by atoms with van der Waals surface area (Å²) in [4.78, 5) is 14.2. The highest BCUT2D eigenvalue weighted by Gasteiger charge is 2.23. The normalized spacial score (nSPS) is 10.8. The molecule has 0 aliphatic carbocycles. The smallest absolute Gasteiger partial charge is 0.258 e. The van der Waals surface area contributed by atoms with Crippen molar-refractivity contribution in [2.75, 3.05) is 30.3 Å². The predicted octanol–water partition coefficient (Wildman–Crippen LogP) is 1.07. The van der Waals surface area contributed by atoms with Crippen molar-refractivity contribution in [3.05, 3.63) is 5.56 Å². The van der Waals surface area contributed by atoms with E-state index in [-0.39, 0.29) is 24.4 Å². The summed E-state index contributed by atoms with van der Waals surface area (Å²) in [6.07, 6.45) is 0.650. The lowest BCUT2D eigenvalue weighted by Crippen LogP contribution is -2.33. The summed E-state index contributed by atoms with van der Waals surface area (Å²) in [5.74, 6) is 0.0688. The molecule has 0 bridgehead atoms. The summed E-state index contributed by atoms with van der Waals surface area (Å²) in [7, 11) is 0. The van der Waals surface area contributed by atoms with Crippen molar-refractivity contribution in [2.45, 2.75) is 33.2 Å². The Labute approximate surface area is 117 Å². The van der Waals surface area contributed by atoms with Crippen LogP contribution < -0.4 is 16.0 Å². The number of hydrogen-bond donors (Lipinski definition) is 3. The van der Waals surface area contributed by atoms with Crippen LogP contribution in [0.25, 0.3) is 0 Å². The summed E-state index contributed by atoms with van der Waals surface area (Å²) in [6.45, 7) is 7.34. The minimum absolute atomic E-state index is 0.0483. The second-order valence-electron chi connectivity index (χ2n) is 4.53. The molecule has 1 amide bonds. The number of aliphatic hydroxyl groups excluding tert-OH is 1. The lowest BCUT2D eigenvalue weighted by Gasteiger charge is -2.22. The molecule has 0 radical (unpaired) electrons. The maximum absolute atomic E-state index is 12.2. The topological polar surface area (TPSA) is 91.5 Å². The van der Waals surface area contributed by atoms with Crippen molar-refractivity contribution >= 4 is 28.3 Å². The molecular weight excluding hydrogens is 264 g/mol. The Hall–Kier alpha value is -1.34. The van der Waals surface area contributed by atoms with Gasteiger partial charge in [0.25, 0.3) is 5.91 Å². The van der Waals surface area contributed by atoms with Gasteiger partial charge in [-0.25, -0.2) is 0 Å². The van der Waals surface area contributed by atoms with Crippen LogP contribution in [0.3, 0.4) is 0 Å². The number of nitrogens with one attached hydrogen (secondary N) is 1. The van der Waals surface area contributed by atoms with Crippen molar-refractivity contribution < 1.29 is 9.90 Å². The van der Waals surface area contributed by atoms with Gasteiger partial charge < -0.3 is 21.1 Å². The molecule has 19 heavy (non-hydrogen) atoms. The van der Waals surface area contributed by atoms with Crippen LogP contribution >= 0.6 is 11.5 Å². The van der Waals surface area contributed by atoms with Crippen LogP contribution in [-0.4, -0.2) is 41.1 Å². The highest BCUT2D eigenvalue weighted by molar-refractivity contribution is 7.11. The van der Waals surface area contributed by atoms with Gasteiger partial charge in [0.15, 0.2) is 5.82 Å². The van der Waals surface area contributed by atoms with Gasteiger partial charge in [0.2, 0.25) is 0 Å². The number of carbonyl (C=O) groups is 1. The van der Waals surface area contributed by atoms with E-state index >= 15 is 0 Å². The number of aliphatic hydroxyl groups is 1. The van der Waals surface area contributed by atoms with Gasteiger partial charge in [-0.3, -0.25) is 4.79 Å². The van der Waals surface area contributed by atoms with Crippen LogP contribution in [-0.2, 0) is 0 Å². The van der Waals surface area contributed by atoms with Gasteiger partial charge in [0.1, 0.15) is 10.6 Å². The molecule has 0 saturated heterocycles. The second-order valence-corrected chi connectivity index (χ2v) is 5.28. The van der Waals surface area contributed by atoms with Gasteiger partial charge in [0.05, 0.1) is 0 Å². The third-order valence-corrected chi connectivity index (χ3v) is 3.53. The monoisotopic (exact) mass is 286 g/mol. The molecule has 1 heterocycles. The van der Waals surface area contributed by atoms with Crippen LogP contribution in [0.1, 0.15) is 37.6 Å². The highest BCUT2D eigenvalue weighted by atomic mass is 32.1. The Bertz CT molecular complexity index is 420. The van der Waals surface area contributed by atoms with E-state index in [9.17, 15) is 4.79 Å². The standard InChI is InChI=1S/C12H22N4O2S/c1-4-16(6-5-7-17)12-9(10(13)15-19-12)11(18)14-8(2)3/h8,17H,4-7H2,1-3H3,(H2,13,15)(H,14,18). The molecule has 0 aliphatic rings. The van der Waals surface area contributed by atoms with Crippen LogP contribution in [0, 0.1) is 0 Å². The SMILES string of the molecule is CCN(CCCO)c1snc(N)c1C(=O)NC(C)C. The zero-order chi connectivity index (χ0) is 14.4. The highest BCUT2D eigenvalue weighted by Crippen LogP contribution is 2.30. The van der Waals surface area contributed by atoms with E-state index in [1.54, 1.807) is 0 Å². The molecule has 1 aromatic rings. The maximum Gasteiger partial charge on any atom is 0.258 e. The van der Waals surface area contributed by atoms with Crippen LogP contribution in [0.5, 0.6) is 0 Å². The molecule has 108 valence electrons. The zero-order valence-electron chi connectivity index (χ0n) is 11.6. The molecule has 0 aromatic carbocycles. The maximum atomic E-state index is 12.2. The summed E-state index contributed by atoms with van der Waals surface area (Å²) in [6, 6.07) is 0.0483. The first kappa shape index (κ1) is 15.7. The number of nitrogens with two attached hydrogens (primary N) is 1. The summed E-state index contributed by atoms with van der Waals surface area (Å²) in [5.41, 5.74) is 6.24. The predicted molar refractivity (Wildman–Crippen MR) is 78.7 cm³/mol. The number of anilines is 2. The van der Waals surface area contributed by atoms with E-state index in [0.717, 1.165) is 11.5 Å². The number of amides is 1. The lowest BCUT2D eigenvalue weighted by atomic mass is 10.2. The molecule has 0 fully saturated rings. The molecular formula is C12H22N4O2S. The average molecular weight is 286 g/mol. The van der Waals surface area contributed by atoms with Crippen LogP contribution in [0.15, 0.2) is 0 Å². The van der Waals surface area contributed by atoms with Gasteiger partial charge >= 0.3 is 0 Å². The molecule has 1 rings (SSSR count). The van der Waals surface area contributed by atoms with Crippen molar-refractivity contribution in [1.82, 2.24) is 9.69 Å². The lowest BCUT2D eigenvalue weighted by molar-refractivity contribution is 0.0945. The van der Waals surface area contributed by atoms with E-state index in [2.05, 4.69) is 9.69 Å². The van der Waals surface area contributed by atoms with E-state index in [1.807, 2.05) is 25.7 Å². The van der Waals surface area contributed by atoms with Gasteiger partial charge in [0, 0.05) is 25.7 Å². The first-order valence-corrected chi connectivity index (χ1v) is 7.20. The summed E-state index contributed by atoms with van der Waals surface area (Å²) >= 11 is 1.22. The summed E-state index contributed by atoms with van der Waals surface area (Å²) in [5, 5.41) is 12.5. The number of nitrogens with zero attached hydrogens (tertiary/aromatic N) is 2. The van der Waals surface area contributed by atoms with Crippen molar-refractivity contribution in [3.63, 3.8) is 0 Å². The number of nitrogen functional groups attached to an aromatic ring is 1. The third-order valence-electron chi connectivity index (χ3n) is 2.60. The van der Waals surface area contributed by atoms with E-state index < -0.39 is 0 Å². The Morgan fingerprint density at radius 1 is 1.58 bits per heavy atom. The van der Waals surface area contributed by atoms with Crippen LogP contribution in [0.4, 0.5) is 10.8 Å². The van der Waals surface area contributed by atoms with Crippen molar-refractivity contribution in [1.29, 1.82) is 0 Å². The van der Waals surface area contributed by atoms with Crippen LogP contribution in [0.2, 0.25) is 0 Å². The molecule has 0 saturated carbocycles. The van der Waals surface area contributed by atoms with Gasteiger partial charge in [-0.15, -0.1) is 0 Å². The fraction of sp³-hybridized carbons (Fsp3) is 0.667. The molecule has 4 N–H and O–H groups in total. The molecule has 0 atom stereocenters. The fourth-order valence-corrected chi connectivity index (χ4v) is 2.62. The zero-order valence-corrected chi connectivity index (χ0v) is 12.5. The molecule has 0 aliphatic heterocycles. The quantitative estimate of drug-likeness (QED) is 0.697. The Balaban J connectivity index is 2.97. The molecule has 0 spiro atoms. The molecule has 7 heteroatoms. The van der Waals surface area contributed by atoms with E-state index in [0.29, 0.717) is 18.5 Å². The first-order valence-electron chi connectivity index (χ1n) is 6.43. The Kier molecular flexibility index (Phi) is 6.04. The molecule has 1 aromatic heterocycles. The minimum atomic E-state index is -0.196. The number of rotatable bonds is 7. The fourth-order valence-electron chi connectivity index (χ4n) is 1.72. The molecule has 0 unspecified atom stereocenters. The summed E-state index contributed by atoms with van der Waals surface area (Å²) < 4.78 is 4.08.